The normalized spacial score (nSPS) is 17.1. The van der Waals surface area contributed by atoms with Gasteiger partial charge in [-0.25, -0.2) is 9.89 Å². The molecule has 2 aromatic rings. The maximum Gasteiger partial charge on any atom is 0.423 e. The first-order chi connectivity index (χ1) is 12.8. The second-order valence-corrected chi connectivity index (χ2v) is 6.09. The fourth-order valence-electron chi connectivity index (χ4n) is 3.12. The lowest BCUT2D eigenvalue weighted by Gasteiger charge is -2.28. The predicted octanol–water partition coefficient (Wildman–Crippen LogP) is 2.53. The number of H-pyrrole nitrogens is 1. The third-order valence-electron chi connectivity index (χ3n) is 4.33. The van der Waals surface area contributed by atoms with E-state index >= 15 is 0 Å². The van der Waals surface area contributed by atoms with Gasteiger partial charge in [0.25, 0.3) is 5.56 Å². The van der Waals surface area contributed by atoms with Gasteiger partial charge in [0.1, 0.15) is 17.9 Å². The van der Waals surface area contributed by atoms with E-state index in [-0.39, 0.29) is 17.9 Å². The first-order valence-electron chi connectivity index (χ1n) is 8.15. The van der Waals surface area contributed by atoms with Crippen LogP contribution in [-0.2, 0) is 6.18 Å². The van der Waals surface area contributed by atoms with Gasteiger partial charge in [-0.2, -0.15) is 18.3 Å². The predicted molar refractivity (Wildman–Crippen MR) is 89.1 cm³/mol. The van der Waals surface area contributed by atoms with Crippen LogP contribution in [0.15, 0.2) is 35.3 Å². The number of aromatic nitrogens is 2. The Morgan fingerprint density at radius 1 is 1.41 bits per heavy atom. The van der Waals surface area contributed by atoms with Gasteiger partial charge in [0.2, 0.25) is 0 Å². The number of nitrogens with zero attached hydrogens (tertiary/aromatic N) is 2. The SMILES string of the molecule is O=C(O)c1cccc(OC[C@H]2CCCN2c2cn[nH]c(=O)c2C(F)(F)F)c1. The minimum atomic E-state index is -4.81. The molecule has 1 atom stereocenters. The quantitative estimate of drug-likeness (QED) is 0.824. The van der Waals surface area contributed by atoms with Gasteiger partial charge in [-0.05, 0) is 31.0 Å². The number of carboxylic acids is 1. The number of hydrogen-bond acceptors (Lipinski definition) is 5. The molecule has 0 amide bonds. The molecule has 0 spiro atoms. The summed E-state index contributed by atoms with van der Waals surface area (Å²) >= 11 is 0. The van der Waals surface area contributed by atoms with E-state index < -0.39 is 29.3 Å². The average Bonchev–Trinajstić information content (AvgIpc) is 3.07. The Kier molecular flexibility index (Phi) is 5.06. The van der Waals surface area contributed by atoms with Crippen molar-refractivity contribution in [2.75, 3.05) is 18.1 Å². The van der Waals surface area contributed by atoms with Gasteiger partial charge in [0.05, 0.1) is 23.5 Å². The van der Waals surface area contributed by atoms with E-state index in [2.05, 4.69) is 5.10 Å². The molecule has 2 heterocycles. The first-order valence-corrected chi connectivity index (χ1v) is 8.15. The van der Waals surface area contributed by atoms with Crippen molar-refractivity contribution in [2.45, 2.75) is 25.1 Å². The van der Waals surface area contributed by atoms with Crippen LogP contribution in [-0.4, -0.2) is 40.5 Å². The number of halogens is 3. The average molecular weight is 383 g/mol. The third-order valence-corrected chi connectivity index (χ3v) is 4.33. The van der Waals surface area contributed by atoms with Crippen molar-refractivity contribution in [1.82, 2.24) is 10.2 Å². The molecule has 1 fully saturated rings. The number of alkyl halides is 3. The summed E-state index contributed by atoms with van der Waals surface area (Å²) in [4.78, 5) is 24.1. The summed E-state index contributed by atoms with van der Waals surface area (Å²) in [5.74, 6) is -0.797. The van der Waals surface area contributed by atoms with Gasteiger partial charge in [-0.15, -0.1) is 0 Å². The van der Waals surface area contributed by atoms with Crippen molar-refractivity contribution in [1.29, 1.82) is 0 Å². The van der Waals surface area contributed by atoms with E-state index in [0.29, 0.717) is 25.1 Å². The Morgan fingerprint density at radius 2 is 2.19 bits per heavy atom. The zero-order valence-corrected chi connectivity index (χ0v) is 14.0. The number of ether oxygens (including phenoxy) is 1. The largest absolute Gasteiger partial charge is 0.491 e. The molecule has 1 aliphatic heterocycles. The lowest BCUT2D eigenvalue weighted by atomic mass is 10.2. The molecule has 0 saturated carbocycles. The topological polar surface area (TPSA) is 95.5 Å². The lowest BCUT2D eigenvalue weighted by Crippen LogP contribution is -2.37. The van der Waals surface area contributed by atoms with Crippen LogP contribution in [0.3, 0.4) is 0 Å². The van der Waals surface area contributed by atoms with Crippen molar-refractivity contribution >= 4 is 11.7 Å². The second kappa shape index (κ2) is 7.29. The third kappa shape index (κ3) is 4.04. The van der Waals surface area contributed by atoms with Crippen LogP contribution in [0, 0.1) is 0 Å². The second-order valence-electron chi connectivity index (χ2n) is 6.09. The fraction of sp³-hybridized carbons (Fsp3) is 0.353. The molecule has 2 N–H and O–H groups in total. The summed E-state index contributed by atoms with van der Waals surface area (Å²) in [6.07, 6.45) is -2.61. The summed E-state index contributed by atoms with van der Waals surface area (Å²) in [5.41, 5.74) is -2.80. The van der Waals surface area contributed by atoms with Crippen LogP contribution < -0.4 is 15.2 Å². The van der Waals surface area contributed by atoms with Crippen LogP contribution in [0.5, 0.6) is 5.75 Å². The number of hydrogen-bond donors (Lipinski definition) is 2. The Hall–Kier alpha value is -3.04. The number of anilines is 1. The van der Waals surface area contributed by atoms with Crippen molar-refractivity contribution in [3.05, 3.63) is 51.9 Å². The van der Waals surface area contributed by atoms with E-state index in [9.17, 15) is 22.8 Å². The number of nitrogens with one attached hydrogen (secondary N) is 1. The molecule has 0 aliphatic carbocycles. The van der Waals surface area contributed by atoms with Crippen LogP contribution >= 0.6 is 0 Å². The van der Waals surface area contributed by atoms with E-state index in [1.807, 2.05) is 5.10 Å². The van der Waals surface area contributed by atoms with Crippen molar-refractivity contribution in [3.8, 4) is 5.75 Å². The van der Waals surface area contributed by atoms with Crippen molar-refractivity contribution < 1.29 is 27.8 Å². The molecule has 10 heteroatoms. The number of rotatable bonds is 5. The molecule has 1 aliphatic rings. The van der Waals surface area contributed by atoms with Gasteiger partial charge in [0.15, 0.2) is 0 Å². The summed E-state index contributed by atoms with van der Waals surface area (Å²) in [5, 5.41) is 14.3. The van der Waals surface area contributed by atoms with Crippen LogP contribution in [0.25, 0.3) is 0 Å². The summed E-state index contributed by atoms with van der Waals surface area (Å²) < 4.78 is 45.5. The Labute approximate surface area is 151 Å². The van der Waals surface area contributed by atoms with Gasteiger partial charge >= 0.3 is 12.1 Å². The smallest absolute Gasteiger partial charge is 0.423 e. The Morgan fingerprint density at radius 3 is 2.89 bits per heavy atom. The molecule has 1 aromatic carbocycles. The minimum absolute atomic E-state index is 0.0488. The number of benzene rings is 1. The highest BCUT2D eigenvalue weighted by molar-refractivity contribution is 5.88. The number of carboxylic acid groups (broad SMARTS) is 1. The number of aromatic amines is 1. The first kappa shape index (κ1) is 18.7. The molecule has 7 nitrogen and oxygen atoms in total. The molecule has 1 aromatic heterocycles. The molecular formula is C17H16F3N3O4. The fourth-order valence-corrected chi connectivity index (χ4v) is 3.12. The van der Waals surface area contributed by atoms with Gasteiger partial charge in [-0.3, -0.25) is 4.79 Å². The number of aromatic carboxylic acids is 1. The molecular weight excluding hydrogens is 367 g/mol. The summed E-state index contributed by atoms with van der Waals surface area (Å²) in [6.45, 7) is 0.380. The standard InChI is InChI=1S/C17H16F3N3O4/c18-17(19,20)14-13(8-21-22-15(14)24)23-6-2-4-11(23)9-27-12-5-1-3-10(7-12)16(25)26/h1,3,5,7-8,11H,2,4,6,9H2,(H,22,24)(H,25,26)/t11-/m1/s1. The zero-order valence-electron chi connectivity index (χ0n) is 14.0. The van der Waals surface area contributed by atoms with Crippen LogP contribution in [0.4, 0.5) is 18.9 Å². The minimum Gasteiger partial charge on any atom is -0.491 e. The van der Waals surface area contributed by atoms with E-state index in [0.717, 1.165) is 6.20 Å². The Bertz CT molecular complexity index is 897. The molecule has 144 valence electrons. The Balaban J connectivity index is 1.81. The van der Waals surface area contributed by atoms with Crippen molar-refractivity contribution in [2.24, 2.45) is 0 Å². The highest BCUT2D eigenvalue weighted by Crippen LogP contribution is 2.36. The summed E-state index contributed by atoms with van der Waals surface area (Å²) in [6, 6.07) is 5.45. The van der Waals surface area contributed by atoms with Gasteiger partial charge < -0.3 is 14.7 Å². The van der Waals surface area contributed by atoms with Crippen molar-refractivity contribution in [3.63, 3.8) is 0 Å². The molecule has 0 bridgehead atoms. The highest BCUT2D eigenvalue weighted by atomic mass is 19.4. The van der Waals surface area contributed by atoms with Gasteiger partial charge in [-0.1, -0.05) is 6.07 Å². The zero-order chi connectivity index (χ0) is 19.6. The molecule has 0 radical (unpaired) electrons. The molecule has 0 unspecified atom stereocenters. The number of carbonyl (C=O) groups is 1. The van der Waals surface area contributed by atoms with Crippen LogP contribution in [0.2, 0.25) is 0 Å². The monoisotopic (exact) mass is 383 g/mol. The maximum atomic E-state index is 13.3. The van der Waals surface area contributed by atoms with E-state index in [1.165, 1.54) is 23.1 Å². The van der Waals surface area contributed by atoms with E-state index in [4.69, 9.17) is 9.84 Å². The lowest BCUT2D eigenvalue weighted by molar-refractivity contribution is -0.138. The molecule has 27 heavy (non-hydrogen) atoms. The summed E-state index contributed by atoms with van der Waals surface area (Å²) in [7, 11) is 0. The molecule has 1 saturated heterocycles. The van der Waals surface area contributed by atoms with Crippen LogP contribution in [0.1, 0.15) is 28.8 Å². The molecule has 3 rings (SSSR count). The highest BCUT2D eigenvalue weighted by Gasteiger charge is 2.40. The maximum absolute atomic E-state index is 13.3. The van der Waals surface area contributed by atoms with Gasteiger partial charge in [0, 0.05) is 6.54 Å². The van der Waals surface area contributed by atoms with E-state index in [1.54, 1.807) is 6.07 Å².